The number of benzene rings is 1. The lowest BCUT2D eigenvalue weighted by molar-refractivity contribution is 0.0729. The van der Waals surface area contributed by atoms with Crippen molar-refractivity contribution in [2.75, 3.05) is 27.3 Å². The Kier molecular flexibility index (Phi) is 5.43. The molecule has 0 aliphatic carbocycles. The second kappa shape index (κ2) is 8.14. The van der Waals surface area contributed by atoms with Gasteiger partial charge in [0.2, 0.25) is 0 Å². The van der Waals surface area contributed by atoms with Crippen molar-refractivity contribution in [1.82, 2.24) is 20.2 Å². The summed E-state index contributed by atoms with van der Waals surface area (Å²) < 4.78 is 10.7. The Labute approximate surface area is 165 Å². The predicted octanol–water partition coefficient (Wildman–Crippen LogP) is 2.51. The Morgan fingerprint density at radius 1 is 1.25 bits per heavy atom. The summed E-state index contributed by atoms with van der Waals surface area (Å²) in [5.41, 5.74) is 2.58. The van der Waals surface area contributed by atoms with Crippen LogP contribution >= 0.6 is 0 Å². The van der Waals surface area contributed by atoms with E-state index in [1.54, 1.807) is 32.4 Å². The zero-order valence-electron chi connectivity index (χ0n) is 16.4. The van der Waals surface area contributed by atoms with E-state index >= 15 is 0 Å². The molecule has 2 aliphatic heterocycles. The molecule has 0 bridgehead atoms. The van der Waals surface area contributed by atoms with Gasteiger partial charge in [0, 0.05) is 31.3 Å². The number of para-hydroxylation sites is 1. The number of amides is 1. The lowest BCUT2D eigenvalue weighted by Crippen LogP contribution is -2.37. The van der Waals surface area contributed by atoms with Crippen LogP contribution in [0.15, 0.2) is 24.4 Å². The minimum atomic E-state index is -0.0700. The van der Waals surface area contributed by atoms with Crippen LogP contribution in [-0.2, 0) is 13.0 Å². The molecule has 0 saturated carbocycles. The van der Waals surface area contributed by atoms with Crippen molar-refractivity contribution in [3.05, 3.63) is 47.0 Å². The van der Waals surface area contributed by atoms with Gasteiger partial charge in [0.25, 0.3) is 5.91 Å². The molecule has 1 aromatic heterocycles. The minimum Gasteiger partial charge on any atom is -0.493 e. The van der Waals surface area contributed by atoms with Crippen molar-refractivity contribution in [3.63, 3.8) is 0 Å². The van der Waals surface area contributed by atoms with Crippen LogP contribution in [0.4, 0.5) is 0 Å². The first-order valence-corrected chi connectivity index (χ1v) is 9.79. The van der Waals surface area contributed by atoms with Crippen LogP contribution in [0.25, 0.3) is 0 Å². The highest BCUT2D eigenvalue weighted by molar-refractivity contribution is 5.98. The van der Waals surface area contributed by atoms with Crippen molar-refractivity contribution in [2.24, 2.45) is 0 Å². The van der Waals surface area contributed by atoms with Gasteiger partial charge >= 0.3 is 0 Å². The van der Waals surface area contributed by atoms with Gasteiger partial charge in [0.1, 0.15) is 5.82 Å². The van der Waals surface area contributed by atoms with Crippen molar-refractivity contribution < 1.29 is 14.3 Å². The van der Waals surface area contributed by atoms with E-state index in [-0.39, 0.29) is 11.9 Å². The van der Waals surface area contributed by atoms with E-state index in [1.165, 1.54) is 12.8 Å². The van der Waals surface area contributed by atoms with Gasteiger partial charge in [-0.25, -0.2) is 9.97 Å². The predicted molar refractivity (Wildman–Crippen MR) is 105 cm³/mol. The molecule has 0 unspecified atom stereocenters. The third-order valence-electron chi connectivity index (χ3n) is 5.50. The summed E-state index contributed by atoms with van der Waals surface area (Å²) in [4.78, 5) is 24.3. The lowest BCUT2D eigenvalue weighted by atomic mass is 10.0. The molecule has 1 fully saturated rings. The summed E-state index contributed by atoms with van der Waals surface area (Å²) in [6.07, 6.45) is 6.12. The fourth-order valence-electron chi connectivity index (χ4n) is 3.97. The first-order valence-electron chi connectivity index (χ1n) is 9.79. The minimum absolute atomic E-state index is 0.0700. The number of fused-ring (bicyclic) bond motifs is 1. The molecule has 4 rings (SSSR count). The Morgan fingerprint density at radius 2 is 2.14 bits per heavy atom. The Morgan fingerprint density at radius 3 is 2.89 bits per heavy atom. The molecular formula is C21H26N4O3. The van der Waals surface area contributed by atoms with Crippen LogP contribution < -0.4 is 14.8 Å². The van der Waals surface area contributed by atoms with Crippen molar-refractivity contribution >= 4 is 5.91 Å². The van der Waals surface area contributed by atoms with E-state index in [2.05, 4.69) is 10.3 Å². The molecule has 2 aliphatic rings. The third kappa shape index (κ3) is 3.54. The Hall–Kier alpha value is -2.67. The summed E-state index contributed by atoms with van der Waals surface area (Å²) in [5, 5.41) is 3.50. The number of carbonyl (C=O) groups is 1. The fraction of sp³-hybridized carbons (Fsp3) is 0.476. The molecule has 7 heteroatoms. The van der Waals surface area contributed by atoms with Crippen LogP contribution in [0.2, 0.25) is 0 Å². The van der Waals surface area contributed by atoms with Crippen LogP contribution in [0.5, 0.6) is 11.5 Å². The molecule has 28 heavy (non-hydrogen) atoms. The Balaban J connectivity index is 1.53. The highest BCUT2D eigenvalue weighted by atomic mass is 16.5. The monoisotopic (exact) mass is 382 g/mol. The summed E-state index contributed by atoms with van der Waals surface area (Å²) in [7, 11) is 3.12. The first-order chi connectivity index (χ1) is 13.7. The van der Waals surface area contributed by atoms with Gasteiger partial charge in [0.15, 0.2) is 11.5 Å². The molecule has 0 spiro atoms. The van der Waals surface area contributed by atoms with Gasteiger partial charge in [-0.05, 0) is 31.5 Å². The number of nitrogens with zero attached hydrogens (tertiary/aromatic N) is 3. The number of carbonyl (C=O) groups excluding carboxylic acids is 1. The number of hydrogen-bond donors (Lipinski definition) is 1. The van der Waals surface area contributed by atoms with Gasteiger partial charge in [-0.3, -0.25) is 4.79 Å². The summed E-state index contributed by atoms with van der Waals surface area (Å²) in [6.45, 7) is 2.16. The van der Waals surface area contributed by atoms with Gasteiger partial charge in [-0.2, -0.15) is 0 Å². The number of ether oxygens (including phenoxy) is 2. The van der Waals surface area contributed by atoms with Gasteiger partial charge in [0.05, 0.1) is 31.5 Å². The number of aromatic nitrogens is 2. The standard InChI is InChI=1S/C21H26N4O3/c1-27-18-8-5-6-15(19(18)28-2)21(26)25-11-9-16-14(13-25)12-23-20(24-16)17-7-3-4-10-22-17/h5-6,8,12,17,22H,3-4,7,9-11,13H2,1-2H3/t17-/m0/s1. The quantitative estimate of drug-likeness (QED) is 0.876. The third-order valence-corrected chi connectivity index (χ3v) is 5.50. The van der Waals surface area contributed by atoms with Crippen LogP contribution in [0.1, 0.15) is 52.7 Å². The SMILES string of the molecule is COc1cccc(C(=O)N2CCc3nc([C@@H]4CCCCN4)ncc3C2)c1OC. The molecule has 1 atom stereocenters. The first kappa shape index (κ1) is 18.7. The van der Waals surface area contributed by atoms with Crippen LogP contribution in [-0.4, -0.2) is 48.1 Å². The summed E-state index contributed by atoms with van der Waals surface area (Å²) >= 11 is 0. The number of nitrogens with one attached hydrogen (secondary N) is 1. The van der Waals surface area contributed by atoms with Gasteiger partial charge < -0.3 is 19.7 Å². The molecule has 1 amide bonds. The molecule has 1 saturated heterocycles. The zero-order valence-corrected chi connectivity index (χ0v) is 16.4. The van der Waals surface area contributed by atoms with E-state index in [9.17, 15) is 4.79 Å². The van der Waals surface area contributed by atoms with Crippen molar-refractivity contribution in [2.45, 2.75) is 38.3 Å². The van der Waals surface area contributed by atoms with Gasteiger partial charge in [-0.1, -0.05) is 12.5 Å². The maximum Gasteiger partial charge on any atom is 0.258 e. The molecule has 0 radical (unpaired) electrons. The normalized spacial score (nSPS) is 19.1. The van der Waals surface area contributed by atoms with Gasteiger partial charge in [-0.15, -0.1) is 0 Å². The number of hydrogen-bond acceptors (Lipinski definition) is 6. The summed E-state index contributed by atoms with van der Waals surface area (Å²) in [6, 6.07) is 5.61. The fourth-order valence-corrected chi connectivity index (χ4v) is 3.97. The van der Waals surface area contributed by atoms with Crippen molar-refractivity contribution in [1.29, 1.82) is 0 Å². The second-order valence-electron chi connectivity index (χ2n) is 7.22. The molecular weight excluding hydrogens is 356 g/mol. The average molecular weight is 382 g/mol. The van der Waals surface area contributed by atoms with E-state index in [1.807, 2.05) is 11.1 Å². The number of piperidine rings is 1. The maximum absolute atomic E-state index is 13.1. The average Bonchev–Trinajstić information content (AvgIpc) is 2.77. The van der Waals surface area contributed by atoms with E-state index < -0.39 is 0 Å². The molecule has 2 aromatic rings. The van der Waals surface area contributed by atoms with E-state index in [0.717, 1.165) is 36.5 Å². The second-order valence-corrected chi connectivity index (χ2v) is 7.22. The highest BCUT2D eigenvalue weighted by Gasteiger charge is 2.27. The molecule has 7 nitrogen and oxygen atoms in total. The lowest BCUT2D eigenvalue weighted by Gasteiger charge is -2.30. The number of rotatable bonds is 4. The van der Waals surface area contributed by atoms with Crippen LogP contribution in [0, 0.1) is 0 Å². The molecule has 148 valence electrons. The number of methoxy groups -OCH3 is 2. The largest absolute Gasteiger partial charge is 0.493 e. The molecule has 3 heterocycles. The van der Waals surface area contributed by atoms with Crippen LogP contribution in [0.3, 0.4) is 0 Å². The summed E-state index contributed by atoms with van der Waals surface area (Å²) in [5.74, 6) is 1.83. The van der Waals surface area contributed by atoms with E-state index in [0.29, 0.717) is 30.2 Å². The zero-order chi connectivity index (χ0) is 19.5. The Bertz CT molecular complexity index is 865. The highest BCUT2D eigenvalue weighted by Crippen LogP contribution is 2.32. The maximum atomic E-state index is 13.1. The smallest absolute Gasteiger partial charge is 0.258 e. The van der Waals surface area contributed by atoms with E-state index in [4.69, 9.17) is 14.5 Å². The topological polar surface area (TPSA) is 76.6 Å². The van der Waals surface area contributed by atoms with Crippen molar-refractivity contribution in [3.8, 4) is 11.5 Å². The molecule has 1 N–H and O–H groups in total. The molecule has 1 aromatic carbocycles.